The maximum Gasteiger partial charge on any atom is 0.305 e. The van der Waals surface area contributed by atoms with Crippen LogP contribution in [0, 0.1) is 5.92 Å². The highest BCUT2D eigenvalue weighted by molar-refractivity contribution is 5.69. The predicted octanol–water partition coefficient (Wildman–Crippen LogP) is 0.775. The van der Waals surface area contributed by atoms with E-state index in [4.69, 9.17) is 0 Å². The lowest BCUT2D eigenvalue weighted by atomic mass is 10.2. The lowest BCUT2D eigenvalue weighted by Gasteiger charge is -2.03. The molecular formula is C7H12O3. The van der Waals surface area contributed by atoms with Crippen molar-refractivity contribution in [2.24, 2.45) is 5.92 Å². The molecule has 10 heavy (non-hydrogen) atoms. The number of carbonyl (C=O) groups excluding carboxylic acids is 2. The van der Waals surface area contributed by atoms with Gasteiger partial charge in [0.05, 0.1) is 0 Å². The van der Waals surface area contributed by atoms with Crippen molar-refractivity contribution in [2.75, 3.05) is 6.61 Å². The summed E-state index contributed by atoms with van der Waals surface area (Å²) in [5.74, 6) is -0.441. The smallest absolute Gasteiger partial charge is 0.305 e. The number of carbonyl (C=O) groups is 2. The molecule has 0 aliphatic rings. The fraction of sp³-hybridized carbons (Fsp3) is 0.714. The van der Waals surface area contributed by atoms with Gasteiger partial charge in [0.15, 0.2) is 0 Å². The van der Waals surface area contributed by atoms with Crippen LogP contribution in [0.25, 0.3) is 0 Å². The lowest BCUT2D eigenvalue weighted by molar-refractivity contribution is -0.144. The summed E-state index contributed by atoms with van der Waals surface area (Å²) in [7, 11) is 0. The lowest BCUT2D eigenvalue weighted by Crippen LogP contribution is -2.11. The first-order chi connectivity index (χ1) is 4.70. The summed E-state index contributed by atoms with van der Waals surface area (Å²) in [6, 6.07) is 0. The van der Waals surface area contributed by atoms with Crippen molar-refractivity contribution in [2.45, 2.75) is 20.3 Å². The van der Waals surface area contributed by atoms with Crippen LogP contribution in [-0.2, 0) is 14.3 Å². The molecule has 1 atom stereocenters. The third-order valence-electron chi connectivity index (χ3n) is 1.03. The zero-order chi connectivity index (χ0) is 7.98. The van der Waals surface area contributed by atoms with Crippen LogP contribution in [0.2, 0.25) is 0 Å². The van der Waals surface area contributed by atoms with Gasteiger partial charge in [-0.2, -0.15) is 0 Å². The van der Waals surface area contributed by atoms with Crippen molar-refractivity contribution >= 4 is 12.3 Å². The van der Waals surface area contributed by atoms with Crippen molar-refractivity contribution in [1.82, 2.24) is 0 Å². The second kappa shape index (κ2) is 4.97. The zero-order valence-electron chi connectivity index (χ0n) is 6.29. The number of rotatable bonds is 4. The summed E-state index contributed by atoms with van der Waals surface area (Å²) in [4.78, 5) is 20.5. The van der Waals surface area contributed by atoms with Gasteiger partial charge in [-0.05, 0) is 0 Å². The molecule has 1 unspecified atom stereocenters. The molecule has 0 N–H and O–H groups in total. The summed E-state index contributed by atoms with van der Waals surface area (Å²) in [6.07, 6.45) is 1.13. The molecule has 58 valence electrons. The first-order valence-electron chi connectivity index (χ1n) is 3.31. The first-order valence-corrected chi connectivity index (χ1v) is 3.31. The van der Waals surface area contributed by atoms with Crippen molar-refractivity contribution in [3.05, 3.63) is 0 Å². The fourth-order valence-corrected chi connectivity index (χ4v) is 0.366. The largest absolute Gasteiger partial charge is 0.465 e. The Labute approximate surface area is 60.4 Å². The molecule has 3 nitrogen and oxygen atoms in total. The molecule has 0 radical (unpaired) electrons. The second-order valence-corrected chi connectivity index (χ2v) is 2.15. The molecule has 0 aromatic rings. The van der Waals surface area contributed by atoms with E-state index in [0.29, 0.717) is 6.42 Å². The molecule has 0 fully saturated rings. The maximum atomic E-state index is 10.5. The Kier molecular flexibility index (Phi) is 4.54. The van der Waals surface area contributed by atoms with Crippen molar-refractivity contribution in [1.29, 1.82) is 0 Å². The number of aldehydes is 1. The van der Waals surface area contributed by atoms with Crippen molar-refractivity contribution in [3.63, 3.8) is 0 Å². The van der Waals surface area contributed by atoms with Gasteiger partial charge in [0.2, 0.25) is 0 Å². The van der Waals surface area contributed by atoms with Crippen LogP contribution in [-0.4, -0.2) is 18.9 Å². The average Bonchev–Trinajstić information content (AvgIpc) is 1.99. The summed E-state index contributed by atoms with van der Waals surface area (Å²) in [5, 5.41) is 0. The first kappa shape index (κ1) is 9.14. The number of hydrogen-bond acceptors (Lipinski definition) is 3. The van der Waals surface area contributed by atoms with Gasteiger partial charge in [-0.3, -0.25) is 4.79 Å². The van der Waals surface area contributed by atoms with Crippen LogP contribution in [0.5, 0.6) is 0 Å². The Balaban J connectivity index is 3.34. The van der Waals surface area contributed by atoms with Gasteiger partial charge >= 0.3 is 5.97 Å². The highest BCUT2D eigenvalue weighted by Crippen LogP contribution is 1.92. The molecule has 0 heterocycles. The molecule has 0 aromatic carbocycles. The van der Waals surface area contributed by atoms with E-state index in [0.717, 1.165) is 6.29 Å². The van der Waals surface area contributed by atoms with Crippen LogP contribution in [0.4, 0.5) is 0 Å². The molecule has 0 amide bonds. The zero-order valence-corrected chi connectivity index (χ0v) is 6.29. The van der Waals surface area contributed by atoms with Gasteiger partial charge in [0, 0.05) is 12.3 Å². The van der Waals surface area contributed by atoms with E-state index < -0.39 is 0 Å². The van der Waals surface area contributed by atoms with Gasteiger partial charge in [0.25, 0.3) is 0 Å². The summed E-state index contributed by atoms with van der Waals surface area (Å²) in [6.45, 7) is 3.63. The Hall–Kier alpha value is -0.860. The predicted molar refractivity (Wildman–Crippen MR) is 36.5 cm³/mol. The Morgan fingerprint density at radius 2 is 2.30 bits per heavy atom. The molecular weight excluding hydrogens is 132 g/mol. The third kappa shape index (κ3) is 4.06. The van der Waals surface area contributed by atoms with Gasteiger partial charge in [-0.15, -0.1) is 0 Å². The fourth-order valence-electron chi connectivity index (χ4n) is 0.366. The SMILES string of the molecule is CCC(=O)OCC(C)C=O. The highest BCUT2D eigenvalue weighted by Gasteiger charge is 2.02. The summed E-state index contributed by atoms with van der Waals surface area (Å²) < 4.78 is 4.67. The van der Waals surface area contributed by atoms with Gasteiger partial charge in [-0.25, -0.2) is 0 Å². The average molecular weight is 144 g/mol. The van der Waals surface area contributed by atoms with E-state index >= 15 is 0 Å². The summed E-state index contributed by atoms with van der Waals surface area (Å²) in [5.41, 5.74) is 0. The molecule has 3 heteroatoms. The van der Waals surface area contributed by atoms with Gasteiger partial charge in [0.1, 0.15) is 12.9 Å². The summed E-state index contributed by atoms with van der Waals surface area (Å²) >= 11 is 0. The molecule has 0 rings (SSSR count). The number of ether oxygens (including phenoxy) is 1. The molecule has 0 saturated heterocycles. The highest BCUT2D eigenvalue weighted by atomic mass is 16.5. The Morgan fingerprint density at radius 3 is 2.70 bits per heavy atom. The van der Waals surface area contributed by atoms with E-state index in [1.165, 1.54) is 0 Å². The van der Waals surface area contributed by atoms with Crippen LogP contribution in [0.1, 0.15) is 20.3 Å². The molecule has 0 aromatic heterocycles. The number of hydrogen-bond donors (Lipinski definition) is 0. The van der Waals surface area contributed by atoms with E-state index in [2.05, 4.69) is 4.74 Å². The third-order valence-corrected chi connectivity index (χ3v) is 1.03. The van der Waals surface area contributed by atoms with E-state index in [9.17, 15) is 9.59 Å². The molecule has 0 spiro atoms. The molecule has 0 saturated carbocycles. The van der Waals surface area contributed by atoms with Crippen LogP contribution >= 0.6 is 0 Å². The topological polar surface area (TPSA) is 43.4 Å². The maximum absolute atomic E-state index is 10.5. The van der Waals surface area contributed by atoms with Crippen molar-refractivity contribution in [3.8, 4) is 0 Å². The van der Waals surface area contributed by atoms with Crippen molar-refractivity contribution < 1.29 is 14.3 Å². The van der Waals surface area contributed by atoms with E-state index in [1.54, 1.807) is 13.8 Å². The Morgan fingerprint density at radius 1 is 1.70 bits per heavy atom. The molecule has 0 bridgehead atoms. The number of esters is 1. The molecule has 0 aliphatic carbocycles. The van der Waals surface area contributed by atoms with Gasteiger partial charge in [-0.1, -0.05) is 13.8 Å². The Bertz CT molecular complexity index is 120. The van der Waals surface area contributed by atoms with Crippen LogP contribution in [0.3, 0.4) is 0 Å². The van der Waals surface area contributed by atoms with Crippen LogP contribution < -0.4 is 0 Å². The monoisotopic (exact) mass is 144 g/mol. The van der Waals surface area contributed by atoms with E-state index in [1.807, 2.05) is 0 Å². The quantitative estimate of drug-likeness (QED) is 0.432. The molecule has 0 aliphatic heterocycles. The minimum absolute atomic E-state index is 0.185. The van der Waals surface area contributed by atoms with E-state index in [-0.39, 0.29) is 18.5 Å². The van der Waals surface area contributed by atoms with Gasteiger partial charge < -0.3 is 9.53 Å². The van der Waals surface area contributed by atoms with Crippen LogP contribution in [0.15, 0.2) is 0 Å². The standard InChI is InChI=1S/C7H12O3/c1-3-7(9)10-5-6(2)4-8/h4,6H,3,5H2,1-2H3. The second-order valence-electron chi connectivity index (χ2n) is 2.15. The minimum Gasteiger partial charge on any atom is -0.465 e. The minimum atomic E-state index is -0.256. The normalized spacial score (nSPS) is 12.2.